The summed E-state index contributed by atoms with van der Waals surface area (Å²) in [6, 6.07) is 5.27. The van der Waals surface area contributed by atoms with Crippen LogP contribution < -0.4 is 4.54 Å². The van der Waals surface area contributed by atoms with Crippen molar-refractivity contribution in [1.82, 2.24) is 14.8 Å². The predicted molar refractivity (Wildman–Crippen MR) is 79.6 cm³/mol. The molecule has 7 nitrogen and oxygen atoms in total. The van der Waals surface area contributed by atoms with E-state index in [2.05, 4.69) is 10.1 Å². The molecular formula is C13H18ClN5O2+2. The van der Waals surface area contributed by atoms with Crippen LogP contribution >= 0.6 is 11.6 Å². The lowest BCUT2D eigenvalue weighted by Gasteiger charge is -2.23. The molecule has 0 radical (unpaired) electrons. The van der Waals surface area contributed by atoms with Crippen molar-refractivity contribution in [1.29, 1.82) is 0 Å². The molecule has 3 rings (SSSR count). The standard InChI is InChI=1S/C13H18ClN5O2/c1-16(2)13(17-5-7-21-8-6-17)18-11-4-3-10(14)9-12(11)19(20)15-18/h3-4,9H,5-8H2,1-2H3,(H,15,20)/q+2. The largest absolute Gasteiger partial charge is 0.410 e. The quantitative estimate of drug-likeness (QED) is 0.434. The van der Waals surface area contributed by atoms with Gasteiger partial charge in [0.05, 0.1) is 44.9 Å². The van der Waals surface area contributed by atoms with Crippen molar-refractivity contribution in [2.45, 2.75) is 0 Å². The molecule has 1 aromatic carbocycles. The van der Waals surface area contributed by atoms with E-state index < -0.39 is 0 Å². The summed E-state index contributed by atoms with van der Waals surface area (Å²) in [6.07, 6.45) is 0. The highest BCUT2D eigenvalue weighted by Crippen LogP contribution is 2.16. The van der Waals surface area contributed by atoms with Gasteiger partial charge in [0.15, 0.2) is 0 Å². The van der Waals surface area contributed by atoms with Gasteiger partial charge >= 0.3 is 5.96 Å². The number of rotatable bonds is 0. The predicted octanol–water partition coefficient (Wildman–Crippen LogP) is 0.346. The summed E-state index contributed by atoms with van der Waals surface area (Å²) < 4.78 is 9.89. The van der Waals surface area contributed by atoms with E-state index >= 15 is 0 Å². The van der Waals surface area contributed by atoms with Crippen molar-refractivity contribution >= 4 is 28.6 Å². The maximum absolute atomic E-state index is 12.1. The van der Waals surface area contributed by atoms with Crippen LogP contribution in [0.3, 0.4) is 0 Å². The Bertz CT molecular complexity index is 753. The van der Waals surface area contributed by atoms with Gasteiger partial charge < -0.3 is 4.74 Å². The average Bonchev–Trinajstić information content (AvgIpc) is 2.77. The zero-order valence-electron chi connectivity index (χ0n) is 12.0. The molecule has 1 saturated heterocycles. The first kappa shape index (κ1) is 14.1. The van der Waals surface area contributed by atoms with Crippen LogP contribution in [0.5, 0.6) is 0 Å². The number of halogens is 1. The van der Waals surface area contributed by atoms with Gasteiger partial charge in [-0.15, -0.1) is 0 Å². The lowest BCUT2D eigenvalue weighted by atomic mass is 10.3. The average molecular weight is 312 g/mol. The van der Waals surface area contributed by atoms with Crippen LogP contribution in [0.1, 0.15) is 0 Å². The molecule has 1 aromatic heterocycles. The number of morpholine rings is 1. The van der Waals surface area contributed by atoms with Gasteiger partial charge in [0.1, 0.15) is 0 Å². The molecule has 0 amide bonds. The minimum Gasteiger partial charge on any atom is -0.375 e. The number of aromatic amines is 1. The van der Waals surface area contributed by atoms with Crippen molar-refractivity contribution in [3.8, 4) is 0 Å². The van der Waals surface area contributed by atoms with Crippen LogP contribution in [0, 0.1) is 4.91 Å². The van der Waals surface area contributed by atoms with Gasteiger partial charge in [-0.3, -0.25) is 9.48 Å². The van der Waals surface area contributed by atoms with E-state index in [1.165, 1.54) is 0 Å². The highest BCUT2D eigenvalue weighted by Gasteiger charge is 2.30. The number of benzene rings is 1. The van der Waals surface area contributed by atoms with E-state index in [1.807, 2.05) is 24.7 Å². The number of nitrogens with zero attached hydrogens (tertiary/aromatic N) is 4. The molecule has 0 spiro atoms. The second-order valence-electron chi connectivity index (χ2n) is 5.16. The Morgan fingerprint density at radius 2 is 2.10 bits per heavy atom. The number of aromatic nitrogens is 3. The van der Waals surface area contributed by atoms with Crippen molar-refractivity contribution in [3.05, 3.63) is 28.1 Å². The lowest BCUT2D eigenvalue weighted by molar-refractivity contribution is -0.541. The summed E-state index contributed by atoms with van der Waals surface area (Å²) >= 11 is 5.97. The van der Waals surface area contributed by atoms with Gasteiger partial charge in [0, 0.05) is 11.1 Å². The molecule has 0 unspecified atom stereocenters. The summed E-state index contributed by atoms with van der Waals surface area (Å²) in [5, 5.41) is 3.35. The van der Waals surface area contributed by atoms with Crippen LogP contribution in [0.2, 0.25) is 5.02 Å². The van der Waals surface area contributed by atoms with Crippen LogP contribution in [0.4, 0.5) is 0 Å². The Hall–Kier alpha value is -1.86. The molecule has 2 heterocycles. The summed E-state index contributed by atoms with van der Waals surface area (Å²) in [5.74, 6) is 0.903. The first-order chi connectivity index (χ1) is 10.1. The molecule has 2 aromatic rings. The zero-order chi connectivity index (χ0) is 15.0. The van der Waals surface area contributed by atoms with Crippen LogP contribution in [-0.4, -0.2) is 65.7 Å². The molecule has 1 N–H and O–H groups in total. The minimum atomic E-state index is 0.509. The number of hydrogen-bond donors (Lipinski definition) is 1. The van der Waals surface area contributed by atoms with E-state index in [0.29, 0.717) is 23.8 Å². The molecule has 0 bridgehead atoms. The molecule has 8 heteroatoms. The fourth-order valence-electron chi connectivity index (χ4n) is 2.59. The van der Waals surface area contributed by atoms with E-state index in [1.54, 1.807) is 16.8 Å². The summed E-state index contributed by atoms with van der Waals surface area (Å²) in [6.45, 7) is 2.93. The fourth-order valence-corrected chi connectivity index (χ4v) is 2.75. The van der Waals surface area contributed by atoms with Gasteiger partial charge in [-0.05, 0) is 22.3 Å². The highest BCUT2D eigenvalue weighted by molar-refractivity contribution is 6.31. The van der Waals surface area contributed by atoms with Crippen LogP contribution in [0.25, 0.3) is 11.0 Å². The molecule has 21 heavy (non-hydrogen) atoms. The number of ether oxygens (including phenoxy) is 1. The normalized spacial score (nSPS) is 15.5. The first-order valence-electron chi connectivity index (χ1n) is 6.78. The smallest absolute Gasteiger partial charge is 0.375 e. The van der Waals surface area contributed by atoms with Gasteiger partial charge in [0.25, 0.3) is 5.52 Å². The summed E-state index contributed by atoms with van der Waals surface area (Å²) in [7, 11) is 3.91. The molecule has 1 fully saturated rings. The van der Waals surface area contributed by atoms with Crippen LogP contribution in [-0.2, 0) is 4.74 Å². The van der Waals surface area contributed by atoms with Gasteiger partial charge in [-0.1, -0.05) is 16.3 Å². The van der Waals surface area contributed by atoms with Crippen molar-refractivity contribution in [2.75, 3.05) is 40.4 Å². The summed E-state index contributed by atoms with van der Waals surface area (Å²) in [5.41, 5.74) is 1.29. The molecule has 0 aliphatic carbocycles. The fraction of sp³-hybridized carbons (Fsp3) is 0.462. The maximum Gasteiger partial charge on any atom is 0.410 e. The minimum absolute atomic E-state index is 0.509. The topological polar surface area (TPSA) is 59.2 Å². The highest BCUT2D eigenvalue weighted by atomic mass is 35.5. The third-order valence-corrected chi connectivity index (χ3v) is 3.72. The van der Waals surface area contributed by atoms with E-state index in [4.69, 9.17) is 16.3 Å². The van der Waals surface area contributed by atoms with Gasteiger partial charge in [-0.2, -0.15) is 0 Å². The SMILES string of the molecule is C[N+](C)=C(N1CCOCC1)n1[nH][n+](=O)c2cc(Cl)ccc21. The molecule has 0 atom stereocenters. The van der Waals surface area contributed by atoms with E-state index in [0.717, 1.165) is 29.1 Å². The monoisotopic (exact) mass is 311 g/mol. The number of fused-ring (bicyclic) bond motifs is 1. The van der Waals surface area contributed by atoms with Crippen molar-refractivity contribution in [3.63, 3.8) is 0 Å². The van der Waals surface area contributed by atoms with E-state index in [-0.39, 0.29) is 0 Å². The molecule has 0 saturated carbocycles. The Labute approximate surface area is 126 Å². The van der Waals surface area contributed by atoms with Crippen LogP contribution in [0.15, 0.2) is 18.2 Å². The third-order valence-electron chi connectivity index (χ3n) is 3.48. The maximum atomic E-state index is 12.1. The second-order valence-corrected chi connectivity index (χ2v) is 5.59. The zero-order valence-corrected chi connectivity index (χ0v) is 12.8. The Kier molecular flexibility index (Phi) is 3.69. The molecule has 1 aliphatic rings. The van der Waals surface area contributed by atoms with Crippen molar-refractivity contribution in [2.24, 2.45) is 0 Å². The molecule has 112 valence electrons. The van der Waals surface area contributed by atoms with Gasteiger partial charge in [0.2, 0.25) is 5.52 Å². The molecule has 1 aliphatic heterocycles. The number of nitrogens with one attached hydrogen (secondary N) is 1. The molecular weight excluding hydrogens is 294 g/mol. The number of H-pyrrole nitrogens is 1. The third kappa shape index (κ3) is 2.54. The number of hydrogen-bond acceptors (Lipinski definition) is 2. The summed E-state index contributed by atoms with van der Waals surface area (Å²) in [4.78, 5) is 14.3. The Morgan fingerprint density at radius 3 is 2.76 bits per heavy atom. The second kappa shape index (κ2) is 5.50. The van der Waals surface area contributed by atoms with Crippen molar-refractivity contribution < 1.29 is 13.9 Å². The Balaban J connectivity index is 2.17. The first-order valence-corrected chi connectivity index (χ1v) is 7.16. The Morgan fingerprint density at radius 1 is 1.38 bits per heavy atom. The van der Waals surface area contributed by atoms with Gasteiger partial charge in [-0.25, -0.2) is 0 Å². The lowest BCUT2D eigenvalue weighted by Crippen LogP contribution is -2.48. The van der Waals surface area contributed by atoms with E-state index in [9.17, 15) is 4.91 Å².